The molecule has 0 bridgehead atoms. The Morgan fingerprint density at radius 1 is 1.20 bits per heavy atom. The molecule has 3 nitrogen and oxygen atoms in total. The van der Waals surface area contributed by atoms with Crippen LogP contribution in [0, 0.1) is 11.8 Å². The predicted octanol–water partition coefficient (Wildman–Crippen LogP) is 6.53. The van der Waals surface area contributed by atoms with E-state index in [1.807, 2.05) is 25.1 Å². The lowest BCUT2D eigenvalue weighted by Crippen LogP contribution is -2.22. The normalized spacial score (nSPS) is 18.6. The zero-order chi connectivity index (χ0) is 18.1. The molecule has 1 aliphatic carbocycles. The molecule has 25 heavy (non-hydrogen) atoms. The van der Waals surface area contributed by atoms with Gasteiger partial charge in [0.1, 0.15) is 11.9 Å². The van der Waals surface area contributed by atoms with Crippen molar-refractivity contribution in [2.24, 2.45) is 11.8 Å². The summed E-state index contributed by atoms with van der Waals surface area (Å²) < 4.78 is 10.6. The summed E-state index contributed by atoms with van der Waals surface area (Å²) in [5, 5.41) is 0. The quantitative estimate of drug-likeness (QED) is 0.305. The first-order valence-corrected chi connectivity index (χ1v) is 9.74. The summed E-state index contributed by atoms with van der Waals surface area (Å²) in [6.45, 7) is 6.52. The summed E-state index contributed by atoms with van der Waals surface area (Å²) in [6, 6.07) is 9.04. The lowest BCUT2D eigenvalue weighted by atomic mass is 9.82. The van der Waals surface area contributed by atoms with E-state index in [2.05, 4.69) is 19.9 Å². The third kappa shape index (κ3) is 6.56. The van der Waals surface area contributed by atoms with Crippen LogP contribution >= 0.6 is 0 Å². The molecular formula is C22H32O3. The van der Waals surface area contributed by atoms with Gasteiger partial charge in [-0.15, -0.1) is 0 Å². The predicted molar refractivity (Wildman–Crippen MR) is 102 cm³/mol. The average Bonchev–Trinajstić information content (AvgIpc) is 2.63. The van der Waals surface area contributed by atoms with Crippen LogP contribution in [0.4, 0.5) is 4.79 Å². The Bertz CT molecular complexity index is 546. The maximum atomic E-state index is 11.9. The zero-order valence-corrected chi connectivity index (χ0v) is 15.9. The fraction of sp³-hybridized carbons (Fsp3) is 0.591. The summed E-state index contributed by atoms with van der Waals surface area (Å²) in [6.07, 6.45) is 10.0. The first kappa shape index (κ1) is 19.6. The number of allylic oxidation sites excluding steroid dienone is 1. The van der Waals surface area contributed by atoms with Crippen LogP contribution in [0.3, 0.4) is 0 Å². The Balaban J connectivity index is 1.75. The van der Waals surface area contributed by atoms with Gasteiger partial charge in [-0.25, -0.2) is 4.79 Å². The lowest BCUT2D eigenvalue weighted by Gasteiger charge is -2.26. The molecule has 2 unspecified atom stereocenters. The molecule has 0 aromatic heterocycles. The minimum atomic E-state index is -0.629. The van der Waals surface area contributed by atoms with E-state index in [9.17, 15) is 4.79 Å². The summed E-state index contributed by atoms with van der Waals surface area (Å²) in [4.78, 5) is 11.9. The molecule has 0 N–H and O–H groups in total. The molecule has 0 fully saturated rings. The maximum absolute atomic E-state index is 11.9. The summed E-state index contributed by atoms with van der Waals surface area (Å²) in [5.41, 5.74) is 1.23. The molecule has 0 radical (unpaired) electrons. The number of para-hydroxylation sites is 1. The van der Waals surface area contributed by atoms with Crippen LogP contribution in [-0.4, -0.2) is 12.3 Å². The number of benzene rings is 1. The van der Waals surface area contributed by atoms with Crippen molar-refractivity contribution >= 4 is 6.16 Å². The van der Waals surface area contributed by atoms with E-state index in [-0.39, 0.29) is 6.10 Å². The highest BCUT2D eigenvalue weighted by Gasteiger charge is 2.21. The molecule has 1 aromatic rings. The van der Waals surface area contributed by atoms with Crippen LogP contribution in [0.5, 0.6) is 5.75 Å². The van der Waals surface area contributed by atoms with Crippen LogP contribution < -0.4 is 4.74 Å². The number of ether oxygens (including phenoxy) is 2. The van der Waals surface area contributed by atoms with E-state index in [1.54, 1.807) is 12.1 Å². The van der Waals surface area contributed by atoms with Gasteiger partial charge in [0.05, 0.1) is 0 Å². The van der Waals surface area contributed by atoms with E-state index in [4.69, 9.17) is 9.47 Å². The highest BCUT2D eigenvalue weighted by Crippen LogP contribution is 2.31. The molecule has 0 spiro atoms. The highest BCUT2D eigenvalue weighted by atomic mass is 16.7. The zero-order valence-electron chi connectivity index (χ0n) is 15.9. The van der Waals surface area contributed by atoms with Crippen molar-refractivity contribution in [3.8, 4) is 5.75 Å². The molecule has 3 heteroatoms. The average molecular weight is 344 g/mol. The maximum Gasteiger partial charge on any atom is 0.514 e. The van der Waals surface area contributed by atoms with Gasteiger partial charge in [0.2, 0.25) is 0 Å². The number of rotatable bonds is 8. The molecule has 0 aliphatic heterocycles. The van der Waals surface area contributed by atoms with Crippen LogP contribution in [0.1, 0.15) is 65.7 Å². The molecule has 0 saturated carbocycles. The van der Waals surface area contributed by atoms with E-state index >= 15 is 0 Å². The summed E-state index contributed by atoms with van der Waals surface area (Å²) >= 11 is 0. The van der Waals surface area contributed by atoms with Gasteiger partial charge >= 0.3 is 6.16 Å². The Labute approximate surface area is 152 Å². The Kier molecular flexibility index (Phi) is 8.03. The number of hydrogen-bond donors (Lipinski definition) is 0. The van der Waals surface area contributed by atoms with Gasteiger partial charge in [-0.3, -0.25) is 0 Å². The molecule has 0 saturated heterocycles. The third-order valence-electron chi connectivity index (χ3n) is 5.43. The van der Waals surface area contributed by atoms with Crippen LogP contribution in [-0.2, 0) is 4.74 Å². The van der Waals surface area contributed by atoms with Crippen molar-refractivity contribution in [3.63, 3.8) is 0 Å². The molecule has 1 aromatic carbocycles. The van der Waals surface area contributed by atoms with Crippen molar-refractivity contribution in [1.82, 2.24) is 0 Å². The highest BCUT2D eigenvalue weighted by molar-refractivity contribution is 5.64. The van der Waals surface area contributed by atoms with Crippen molar-refractivity contribution in [2.45, 2.75) is 71.8 Å². The molecule has 0 amide bonds. The fourth-order valence-electron chi connectivity index (χ4n) is 3.54. The van der Waals surface area contributed by atoms with Crippen molar-refractivity contribution in [3.05, 3.63) is 42.0 Å². The molecule has 1 aliphatic rings. The largest absolute Gasteiger partial charge is 0.514 e. The summed E-state index contributed by atoms with van der Waals surface area (Å²) in [5.74, 6) is 2.17. The minimum Gasteiger partial charge on any atom is -0.426 e. The Hall–Kier alpha value is -1.77. The SMILES string of the molecule is CCC(CC)CCC1CC=C(C(C)OC(=O)Oc2ccccc2)CC1. The monoisotopic (exact) mass is 344 g/mol. The molecule has 0 heterocycles. The van der Waals surface area contributed by atoms with Gasteiger partial charge in [-0.1, -0.05) is 57.4 Å². The van der Waals surface area contributed by atoms with Crippen LogP contribution in [0.25, 0.3) is 0 Å². The van der Waals surface area contributed by atoms with Gasteiger partial charge < -0.3 is 9.47 Å². The van der Waals surface area contributed by atoms with Gasteiger partial charge in [-0.05, 0) is 62.1 Å². The van der Waals surface area contributed by atoms with Gasteiger partial charge in [-0.2, -0.15) is 0 Å². The smallest absolute Gasteiger partial charge is 0.426 e. The number of carbonyl (C=O) groups is 1. The van der Waals surface area contributed by atoms with E-state index in [0.717, 1.165) is 24.7 Å². The van der Waals surface area contributed by atoms with Crippen molar-refractivity contribution < 1.29 is 14.3 Å². The van der Waals surface area contributed by atoms with Gasteiger partial charge in [0, 0.05) is 0 Å². The summed E-state index contributed by atoms with van der Waals surface area (Å²) in [7, 11) is 0. The van der Waals surface area contributed by atoms with Gasteiger partial charge in [0.15, 0.2) is 0 Å². The fourth-order valence-corrected chi connectivity index (χ4v) is 3.54. The second kappa shape index (κ2) is 10.3. The minimum absolute atomic E-state index is 0.212. The third-order valence-corrected chi connectivity index (χ3v) is 5.43. The Morgan fingerprint density at radius 2 is 1.92 bits per heavy atom. The lowest BCUT2D eigenvalue weighted by molar-refractivity contribution is 0.0763. The van der Waals surface area contributed by atoms with Crippen LogP contribution in [0.15, 0.2) is 42.0 Å². The number of hydrogen-bond acceptors (Lipinski definition) is 3. The van der Waals surface area contributed by atoms with Crippen molar-refractivity contribution in [2.75, 3.05) is 0 Å². The van der Waals surface area contributed by atoms with Crippen LogP contribution in [0.2, 0.25) is 0 Å². The number of carbonyl (C=O) groups excluding carboxylic acids is 1. The standard InChI is InChI=1S/C22H32O3/c1-4-18(5-2)11-12-19-13-15-20(16-14-19)17(3)24-22(23)25-21-9-7-6-8-10-21/h6-10,15,17-19H,4-5,11-14,16H2,1-3H3. The molecule has 2 atom stereocenters. The van der Waals surface area contributed by atoms with E-state index < -0.39 is 6.16 Å². The van der Waals surface area contributed by atoms with Gasteiger partial charge in [0.25, 0.3) is 0 Å². The van der Waals surface area contributed by atoms with E-state index in [0.29, 0.717) is 5.75 Å². The first-order valence-electron chi connectivity index (χ1n) is 9.74. The topological polar surface area (TPSA) is 35.5 Å². The second-order valence-corrected chi connectivity index (χ2v) is 7.10. The van der Waals surface area contributed by atoms with E-state index in [1.165, 1.54) is 37.7 Å². The first-order chi connectivity index (χ1) is 12.1. The molecule has 138 valence electrons. The Morgan fingerprint density at radius 3 is 2.52 bits per heavy atom. The molecule has 2 rings (SSSR count). The second-order valence-electron chi connectivity index (χ2n) is 7.10. The van der Waals surface area contributed by atoms with Crippen molar-refractivity contribution in [1.29, 1.82) is 0 Å². The molecular weight excluding hydrogens is 312 g/mol.